The van der Waals surface area contributed by atoms with E-state index in [4.69, 9.17) is 0 Å². The molecule has 140 valence electrons. The molecule has 0 spiro atoms. The third-order valence-electron chi connectivity index (χ3n) is 4.62. The van der Waals surface area contributed by atoms with Gasteiger partial charge >= 0.3 is 0 Å². The number of benzene rings is 1. The molecule has 1 aromatic carbocycles. The number of piperidine rings is 1. The number of sulfonamides is 1. The van der Waals surface area contributed by atoms with Crippen LogP contribution in [0.15, 0.2) is 46.1 Å². The van der Waals surface area contributed by atoms with Crippen molar-refractivity contribution in [3.05, 3.63) is 46.9 Å². The van der Waals surface area contributed by atoms with Gasteiger partial charge in [0.2, 0.25) is 15.9 Å². The summed E-state index contributed by atoms with van der Waals surface area (Å²) in [5.74, 6) is 0.265. The molecule has 8 heteroatoms. The second-order valence-corrected chi connectivity index (χ2v) is 9.10. The smallest absolute Gasteiger partial charge is 0.243 e. The molecule has 0 saturated carbocycles. The molecule has 0 atom stereocenters. The van der Waals surface area contributed by atoms with Gasteiger partial charge in [-0.15, -0.1) is 11.3 Å². The number of rotatable bonds is 7. The standard InChI is InChI=1S/C18H23N3O3S2/c22-18(19-9-6-16-13-25-14-20-16)12-15-7-10-21(11-8-15)26(23,24)17-4-2-1-3-5-17/h1-5,13-15H,6-12H2,(H,19,22). The number of hydrogen-bond donors (Lipinski definition) is 1. The first kappa shape index (κ1) is 19.0. The zero-order valence-electron chi connectivity index (χ0n) is 14.5. The van der Waals surface area contributed by atoms with Crippen LogP contribution < -0.4 is 5.32 Å². The number of thiazole rings is 1. The Morgan fingerprint density at radius 2 is 1.96 bits per heavy atom. The lowest BCUT2D eigenvalue weighted by Gasteiger charge is -2.31. The molecule has 0 aliphatic carbocycles. The summed E-state index contributed by atoms with van der Waals surface area (Å²) in [6.45, 7) is 1.52. The Balaban J connectivity index is 1.43. The van der Waals surface area contributed by atoms with Crippen molar-refractivity contribution >= 4 is 27.3 Å². The molecule has 6 nitrogen and oxygen atoms in total. The van der Waals surface area contributed by atoms with Gasteiger partial charge in [-0.2, -0.15) is 4.31 Å². The van der Waals surface area contributed by atoms with Crippen molar-refractivity contribution in [2.45, 2.75) is 30.6 Å². The molecule has 1 fully saturated rings. The van der Waals surface area contributed by atoms with Crippen molar-refractivity contribution in [3.8, 4) is 0 Å². The number of nitrogens with one attached hydrogen (secondary N) is 1. The van der Waals surface area contributed by atoms with Crippen LogP contribution in [0.5, 0.6) is 0 Å². The predicted octanol–water partition coefficient (Wildman–Crippen LogP) is 2.29. The summed E-state index contributed by atoms with van der Waals surface area (Å²) in [5.41, 5.74) is 2.78. The van der Waals surface area contributed by atoms with Crippen LogP contribution in [0, 0.1) is 5.92 Å². The van der Waals surface area contributed by atoms with E-state index in [1.54, 1.807) is 47.2 Å². The summed E-state index contributed by atoms with van der Waals surface area (Å²) in [7, 11) is -3.43. The minimum Gasteiger partial charge on any atom is -0.356 e. The van der Waals surface area contributed by atoms with Gasteiger partial charge in [-0.3, -0.25) is 4.79 Å². The number of nitrogens with zero attached hydrogens (tertiary/aromatic N) is 2. The fourth-order valence-electron chi connectivity index (χ4n) is 3.12. The average Bonchev–Trinajstić information content (AvgIpc) is 3.16. The van der Waals surface area contributed by atoms with Gasteiger partial charge < -0.3 is 5.32 Å². The van der Waals surface area contributed by atoms with E-state index in [-0.39, 0.29) is 11.8 Å². The highest BCUT2D eigenvalue weighted by Gasteiger charge is 2.29. The molecule has 26 heavy (non-hydrogen) atoms. The Hall–Kier alpha value is -1.77. The average molecular weight is 394 g/mol. The fraction of sp³-hybridized carbons (Fsp3) is 0.444. The van der Waals surface area contributed by atoms with Gasteiger partial charge in [-0.1, -0.05) is 18.2 Å². The molecule has 2 aromatic rings. The van der Waals surface area contributed by atoms with Crippen LogP contribution in [0.2, 0.25) is 0 Å². The van der Waals surface area contributed by atoms with Crippen molar-refractivity contribution in [2.75, 3.05) is 19.6 Å². The topological polar surface area (TPSA) is 79.4 Å². The second-order valence-electron chi connectivity index (χ2n) is 6.44. The Morgan fingerprint density at radius 3 is 2.62 bits per heavy atom. The van der Waals surface area contributed by atoms with E-state index in [1.807, 2.05) is 5.38 Å². The highest BCUT2D eigenvalue weighted by atomic mass is 32.2. The SMILES string of the molecule is O=C(CC1CCN(S(=O)(=O)c2ccccc2)CC1)NCCc1cscn1. The number of carbonyl (C=O) groups is 1. The van der Waals surface area contributed by atoms with Crippen molar-refractivity contribution in [1.29, 1.82) is 0 Å². The summed E-state index contributed by atoms with van der Waals surface area (Å²) in [6, 6.07) is 8.51. The van der Waals surface area contributed by atoms with Crippen molar-refractivity contribution < 1.29 is 13.2 Å². The van der Waals surface area contributed by atoms with Gasteiger partial charge in [0.05, 0.1) is 16.1 Å². The largest absolute Gasteiger partial charge is 0.356 e. The molecule has 3 rings (SSSR count). The molecule has 0 unspecified atom stereocenters. The fourth-order valence-corrected chi connectivity index (χ4v) is 5.20. The predicted molar refractivity (Wildman–Crippen MR) is 101 cm³/mol. The molecule has 1 N–H and O–H groups in total. The van der Waals surface area contributed by atoms with Gasteiger partial charge in [0, 0.05) is 37.9 Å². The minimum atomic E-state index is -3.43. The molecular weight excluding hydrogens is 370 g/mol. The van der Waals surface area contributed by atoms with Crippen LogP contribution in [0.1, 0.15) is 25.0 Å². The van der Waals surface area contributed by atoms with E-state index in [2.05, 4.69) is 10.3 Å². The summed E-state index contributed by atoms with van der Waals surface area (Å²) >= 11 is 1.55. The summed E-state index contributed by atoms with van der Waals surface area (Å²) in [6.07, 6.45) is 2.62. The van der Waals surface area contributed by atoms with Crippen LogP contribution in [-0.4, -0.2) is 43.2 Å². The third-order valence-corrected chi connectivity index (χ3v) is 7.16. The van der Waals surface area contributed by atoms with E-state index in [1.165, 1.54) is 4.31 Å². The van der Waals surface area contributed by atoms with E-state index in [9.17, 15) is 13.2 Å². The number of hydrogen-bond acceptors (Lipinski definition) is 5. The lowest BCUT2D eigenvalue weighted by atomic mass is 9.94. The van der Waals surface area contributed by atoms with E-state index in [0.717, 1.165) is 12.1 Å². The van der Waals surface area contributed by atoms with Crippen LogP contribution in [0.4, 0.5) is 0 Å². The lowest BCUT2D eigenvalue weighted by Crippen LogP contribution is -2.39. The molecule has 1 aliphatic rings. The molecule has 1 aromatic heterocycles. The summed E-state index contributed by atoms with van der Waals surface area (Å²) in [4.78, 5) is 16.6. The minimum absolute atomic E-state index is 0.0320. The van der Waals surface area contributed by atoms with Gasteiger partial charge in [0.25, 0.3) is 0 Å². The maximum Gasteiger partial charge on any atom is 0.243 e. The highest BCUT2D eigenvalue weighted by Crippen LogP contribution is 2.25. The molecule has 1 amide bonds. The van der Waals surface area contributed by atoms with Crippen LogP contribution in [0.25, 0.3) is 0 Å². The van der Waals surface area contributed by atoms with Crippen molar-refractivity contribution in [3.63, 3.8) is 0 Å². The highest BCUT2D eigenvalue weighted by molar-refractivity contribution is 7.89. The summed E-state index contributed by atoms with van der Waals surface area (Å²) in [5, 5.41) is 4.91. The van der Waals surface area contributed by atoms with Gasteiger partial charge in [-0.05, 0) is 30.9 Å². The first-order valence-electron chi connectivity index (χ1n) is 8.74. The van der Waals surface area contributed by atoms with Crippen molar-refractivity contribution in [2.24, 2.45) is 5.92 Å². The zero-order valence-corrected chi connectivity index (χ0v) is 16.1. The van der Waals surface area contributed by atoms with Crippen LogP contribution in [0.3, 0.4) is 0 Å². The van der Waals surface area contributed by atoms with Gasteiger partial charge in [0.1, 0.15) is 0 Å². The Morgan fingerprint density at radius 1 is 1.23 bits per heavy atom. The van der Waals surface area contributed by atoms with Crippen LogP contribution in [-0.2, 0) is 21.2 Å². The zero-order chi connectivity index (χ0) is 18.4. The quantitative estimate of drug-likeness (QED) is 0.783. The number of aromatic nitrogens is 1. The monoisotopic (exact) mass is 393 g/mol. The molecule has 2 heterocycles. The first-order chi connectivity index (χ1) is 12.6. The molecule has 1 aliphatic heterocycles. The normalized spacial score (nSPS) is 16.5. The lowest BCUT2D eigenvalue weighted by molar-refractivity contribution is -0.122. The van der Waals surface area contributed by atoms with E-state index in [0.29, 0.717) is 43.8 Å². The van der Waals surface area contributed by atoms with Crippen LogP contribution >= 0.6 is 11.3 Å². The maximum atomic E-state index is 12.6. The third kappa shape index (κ3) is 4.90. The summed E-state index contributed by atoms with van der Waals surface area (Å²) < 4.78 is 26.7. The van der Waals surface area contributed by atoms with E-state index >= 15 is 0 Å². The molecule has 1 saturated heterocycles. The Kier molecular flexibility index (Phi) is 6.39. The first-order valence-corrected chi connectivity index (χ1v) is 11.1. The number of carbonyl (C=O) groups excluding carboxylic acids is 1. The molecular formula is C18H23N3O3S2. The molecule has 0 radical (unpaired) electrons. The second kappa shape index (κ2) is 8.75. The van der Waals surface area contributed by atoms with Gasteiger partial charge in [0.15, 0.2) is 0 Å². The maximum absolute atomic E-state index is 12.6. The number of amides is 1. The van der Waals surface area contributed by atoms with E-state index < -0.39 is 10.0 Å². The Labute approximate surface area is 158 Å². The molecule has 0 bridgehead atoms. The Bertz CT molecular complexity index is 799. The van der Waals surface area contributed by atoms with Crippen molar-refractivity contribution in [1.82, 2.24) is 14.6 Å². The van der Waals surface area contributed by atoms with Gasteiger partial charge in [-0.25, -0.2) is 13.4 Å².